The van der Waals surface area contributed by atoms with Gasteiger partial charge in [-0.25, -0.2) is 4.52 Å². The molecular weight excluding hydrogens is 332 g/mol. The van der Waals surface area contributed by atoms with Gasteiger partial charge >= 0.3 is 0 Å². The first-order valence-corrected chi connectivity index (χ1v) is 8.38. The molecule has 9 heteroatoms. The van der Waals surface area contributed by atoms with Crippen molar-refractivity contribution >= 4 is 28.9 Å². The average Bonchev–Trinajstić information content (AvgIpc) is 3.21. The number of carbonyl (C=O) groups excluding carboxylic acids is 1. The summed E-state index contributed by atoms with van der Waals surface area (Å²) in [6, 6.07) is 3.89. The Bertz CT molecular complexity index is 953. The number of hydrogen-bond donors (Lipinski definition) is 2. The van der Waals surface area contributed by atoms with Crippen molar-refractivity contribution in [2.75, 3.05) is 30.3 Å². The SMILES string of the molecule is C=CC(=O)N1CC(CNc2nc(Nc3cnn(C)c3)nn3cccc23)C1. The molecule has 0 unspecified atom stereocenters. The molecule has 26 heavy (non-hydrogen) atoms. The van der Waals surface area contributed by atoms with Gasteiger partial charge in [0.05, 0.1) is 11.9 Å². The van der Waals surface area contributed by atoms with E-state index in [0.29, 0.717) is 11.9 Å². The molecule has 1 aliphatic heterocycles. The Balaban J connectivity index is 1.46. The topological polar surface area (TPSA) is 92.4 Å². The largest absolute Gasteiger partial charge is 0.368 e. The van der Waals surface area contributed by atoms with E-state index in [-0.39, 0.29) is 5.91 Å². The minimum atomic E-state index is -0.0137. The number of rotatable bonds is 6. The van der Waals surface area contributed by atoms with Crippen molar-refractivity contribution < 1.29 is 4.79 Å². The lowest BCUT2D eigenvalue weighted by molar-refractivity contribution is -0.131. The summed E-state index contributed by atoms with van der Waals surface area (Å²) in [7, 11) is 1.85. The number of aryl methyl sites for hydroxylation is 1. The molecule has 2 N–H and O–H groups in total. The van der Waals surface area contributed by atoms with Crippen LogP contribution in [0.5, 0.6) is 0 Å². The van der Waals surface area contributed by atoms with E-state index in [2.05, 4.69) is 32.4 Å². The first-order valence-electron chi connectivity index (χ1n) is 8.38. The smallest absolute Gasteiger partial charge is 0.247 e. The molecule has 1 fully saturated rings. The number of nitrogens with one attached hydrogen (secondary N) is 2. The maximum Gasteiger partial charge on any atom is 0.247 e. The number of aromatic nitrogens is 5. The van der Waals surface area contributed by atoms with Gasteiger partial charge in [-0.05, 0) is 18.2 Å². The van der Waals surface area contributed by atoms with Crippen LogP contribution >= 0.6 is 0 Å². The van der Waals surface area contributed by atoms with Crippen LogP contribution in [0.15, 0.2) is 43.4 Å². The molecule has 0 aromatic carbocycles. The fraction of sp³-hybridized carbons (Fsp3) is 0.294. The lowest BCUT2D eigenvalue weighted by Crippen LogP contribution is -2.51. The number of nitrogens with zero attached hydrogens (tertiary/aromatic N) is 6. The fourth-order valence-electron chi connectivity index (χ4n) is 2.98. The molecule has 0 aliphatic carbocycles. The zero-order valence-corrected chi connectivity index (χ0v) is 14.5. The van der Waals surface area contributed by atoms with E-state index < -0.39 is 0 Å². The van der Waals surface area contributed by atoms with Gasteiger partial charge in [0.25, 0.3) is 0 Å². The van der Waals surface area contributed by atoms with Crippen LogP contribution in [-0.4, -0.2) is 54.8 Å². The van der Waals surface area contributed by atoms with Crippen LogP contribution in [0.4, 0.5) is 17.5 Å². The van der Waals surface area contributed by atoms with E-state index in [1.165, 1.54) is 6.08 Å². The zero-order valence-electron chi connectivity index (χ0n) is 14.5. The minimum Gasteiger partial charge on any atom is -0.368 e. The molecule has 1 amide bonds. The number of amides is 1. The van der Waals surface area contributed by atoms with Gasteiger partial charge in [-0.1, -0.05) is 6.58 Å². The molecule has 0 bridgehead atoms. The zero-order chi connectivity index (χ0) is 18.1. The van der Waals surface area contributed by atoms with Crippen LogP contribution < -0.4 is 10.6 Å². The maximum atomic E-state index is 11.5. The number of anilines is 3. The van der Waals surface area contributed by atoms with Gasteiger partial charge in [-0.2, -0.15) is 10.1 Å². The van der Waals surface area contributed by atoms with E-state index in [1.54, 1.807) is 20.3 Å². The minimum absolute atomic E-state index is 0.0137. The first kappa shape index (κ1) is 16.1. The van der Waals surface area contributed by atoms with Crippen molar-refractivity contribution in [2.24, 2.45) is 13.0 Å². The van der Waals surface area contributed by atoms with Crippen LogP contribution in [-0.2, 0) is 11.8 Å². The molecule has 9 nitrogen and oxygen atoms in total. The summed E-state index contributed by atoms with van der Waals surface area (Å²) in [4.78, 5) is 17.9. The molecule has 1 aliphatic rings. The Morgan fingerprint density at radius 3 is 3.04 bits per heavy atom. The summed E-state index contributed by atoms with van der Waals surface area (Å²) in [5.41, 5.74) is 1.72. The fourth-order valence-corrected chi connectivity index (χ4v) is 2.98. The van der Waals surface area contributed by atoms with Gasteiger partial charge in [-0.3, -0.25) is 9.48 Å². The summed E-state index contributed by atoms with van der Waals surface area (Å²) < 4.78 is 3.49. The third kappa shape index (κ3) is 3.10. The molecular formula is C17H20N8O. The second-order valence-electron chi connectivity index (χ2n) is 6.34. The van der Waals surface area contributed by atoms with Gasteiger partial charge in [0.2, 0.25) is 11.9 Å². The van der Waals surface area contributed by atoms with E-state index in [9.17, 15) is 4.79 Å². The molecule has 3 aromatic rings. The van der Waals surface area contributed by atoms with Gasteiger partial charge in [0, 0.05) is 45.0 Å². The summed E-state index contributed by atoms with van der Waals surface area (Å²) in [6.45, 7) is 5.73. The summed E-state index contributed by atoms with van der Waals surface area (Å²) in [6.07, 6.45) is 6.81. The molecule has 0 atom stereocenters. The normalized spacial score (nSPS) is 14.3. The predicted octanol–water partition coefficient (Wildman–Crippen LogP) is 1.26. The Morgan fingerprint density at radius 2 is 2.31 bits per heavy atom. The number of carbonyl (C=O) groups is 1. The van der Waals surface area contributed by atoms with E-state index in [4.69, 9.17) is 0 Å². The monoisotopic (exact) mass is 352 g/mol. The highest BCUT2D eigenvalue weighted by molar-refractivity contribution is 5.87. The van der Waals surface area contributed by atoms with Crippen LogP contribution in [0.1, 0.15) is 0 Å². The Labute approximate surface area is 150 Å². The number of hydrogen-bond acceptors (Lipinski definition) is 6. The highest BCUT2D eigenvalue weighted by atomic mass is 16.2. The maximum absolute atomic E-state index is 11.5. The van der Waals surface area contributed by atoms with E-state index in [1.807, 2.05) is 31.6 Å². The predicted molar refractivity (Wildman–Crippen MR) is 98.2 cm³/mol. The summed E-state index contributed by atoms with van der Waals surface area (Å²) in [5, 5.41) is 15.1. The molecule has 4 rings (SSSR count). The molecule has 1 saturated heterocycles. The third-order valence-electron chi connectivity index (χ3n) is 4.35. The van der Waals surface area contributed by atoms with Crippen LogP contribution in [0.3, 0.4) is 0 Å². The molecule has 0 spiro atoms. The van der Waals surface area contributed by atoms with Crippen molar-refractivity contribution in [3.63, 3.8) is 0 Å². The quantitative estimate of drug-likeness (QED) is 0.649. The lowest BCUT2D eigenvalue weighted by atomic mass is 10.00. The van der Waals surface area contributed by atoms with Crippen molar-refractivity contribution in [1.29, 1.82) is 0 Å². The Kier molecular flexibility index (Phi) is 4.04. The van der Waals surface area contributed by atoms with Gasteiger partial charge < -0.3 is 15.5 Å². The average molecular weight is 352 g/mol. The standard InChI is InChI=1S/C17H20N8O/c1-3-15(26)24-9-12(10-24)7-18-16-14-5-4-6-25(14)22-17(21-16)20-13-8-19-23(2)11-13/h3-6,8,11-12H,1,7,9-10H2,2H3,(H2,18,20,21,22). The first-order chi connectivity index (χ1) is 12.6. The molecule has 0 saturated carbocycles. The van der Waals surface area contributed by atoms with Crippen LogP contribution in [0.2, 0.25) is 0 Å². The number of fused-ring (bicyclic) bond motifs is 1. The van der Waals surface area contributed by atoms with Gasteiger partial charge in [0.15, 0.2) is 5.82 Å². The van der Waals surface area contributed by atoms with Gasteiger partial charge in [0.1, 0.15) is 5.52 Å². The Hall–Kier alpha value is -3.36. The lowest BCUT2D eigenvalue weighted by Gasteiger charge is -2.38. The summed E-state index contributed by atoms with van der Waals surface area (Å²) >= 11 is 0. The van der Waals surface area contributed by atoms with Gasteiger partial charge in [-0.15, -0.1) is 5.10 Å². The molecule has 4 heterocycles. The highest BCUT2D eigenvalue weighted by Crippen LogP contribution is 2.21. The molecule has 3 aromatic heterocycles. The second-order valence-corrected chi connectivity index (χ2v) is 6.34. The van der Waals surface area contributed by atoms with Crippen molar-refractivity contribution in [3.05, 3.63) is 43.4 Å². The molecule has 0 radical (unpaired) electrons. The van der Waals surface area contributed by atoms with Crippen molar-refractivity contribution in [3.8, 4) is 0 Å². The van der Waals surface area contributed by atoms with E-state index >= 15 is 0 Å². The van der Waals surface area contributed by atoms with Crippen LogP contribution in [0.25, 0.3) is 5.52 Å². The van der Waals surface area contributed by atoms with E-state index in [0.717, 1.165) is 36.7 Å². The second kappa shape index (κ2) is 6.51. The van der Waals surface area contributed by atoms with Crippen molar-refractivity contribution in [2.45, 2.75) is 0 Å². The molecule has 134 valence electrons. The third-order valence-corrected chi connectivity index (χ3v) is 4.35. The summed E-state index contributed by atoms with van der Waals surface area (Å²) in [5.74, 6) is 1.63. The van der Waals surface area contributed by atoms with Crippen LogP contribution in [0, 0.1) is 5.92 Å². The van der Waals surface area contributed by atoms with Crippen molar-refractivity contribution in [1.82, 2.24) is 29.3 Å². The Morgan fingerprint density at radius 1 is 1.46 bits per heavy atom. The highest BCUT2D eigenvalue weighted by Gasteiger charge is 2.29. The number of likely N-dealkylation sites (tertiary alicyclic amines) is 1.